The fraction of sp³-hybridized carbons (Fsp3) is 0.444. The summed E-state index contributed by atoms with van der Waals surface area (Å²) in [5.74, 6) is 0.691. The van der Waals surface area contributed by atoms with Crippen LogP contribution in [0.2, 0.25) is 5.02 Å². The molecule has 0 radical (unpaired) electrons. The lowest BCUT2D eigenvalue weighted by atomic mass is 9.90. The monoisotopic (exact) mass is 331 g/mol. The van der Waals surface area contributed by atoms with E-state index in [4.69, 9.17) is 11.6 Å². The average molecular weight is 332 g/mol. The van der Waals surface area contributed by atoms with E-state index in [1.165, 1.54) is 10.2 Å². The Morgan fingerprint density at radius 2 is 1.91 bits per heavy atom. The van der Waals surface area contributed by atoms with Gasteiger partial charge in [-0.25, -0.2) is 4.68 Å². The third kappa shape index (κ3) is 3.58. The van der Waals surface area contributed by atoms with Gasteiger partial charge in [0.25, 0.3) is 5.56 Å². The summed E-state index contributed by atoms with van der Waals surface area (Å²) in [4.78, 5) is 14.3. The van der Waals surface area contributed by atoms with Crippen molar-refractivity contribution in [1.82, 2.24) is 9.78 Å². The van der Waals surface area contributed by atoms with E-state index in [0.29, 0.717) is 17.5 Å². The molecule has 0 bridgehead atoms. The lowest BCUT2D eigenvalue weighted by molar-refractivity contribution is 0.403. The maximum atomic E-state index is 12.1. The van der Waals surface area contributed by atoms with E-state index in [2.05, 4.69) is 40.3 Å². The van der Waals surface area contributed by atoms with Crippen molar-refractivity contribution in [3.05, 3.63) is 57.5 Å². The molecule has 1 fully saturated rings. The second-order valence-corrected chi connectivity index (χ2v) is 6.46. The van der Waals surface area contributed by atoms with Crippen molar-refractivity contribution in [3.8, 4) is 0 Å². The van der Waals surface area contributed by atoms with Crippen molar-refractivity contribution in [2.24, 2.45) is 5.92 Å². The summed E-state index contributed by atoms with van der Waals surface area (Å²) in [5.41, 5.74) is 1.98. The van der Waals surface area contributed by atoms with Gasteiger partial charge in [0.15, 0.2) is 0 Å². The van der Waals surface area contributed by atoms with Crippen molar-refractivity contribution in [2.75, 3.05) is 18.0 Å². The van der Waals surface area contributed by atoms with Crippen molar-refractivity contribution in [2.45, 2.75) is 32.7 Å². The molecule has 0 spiro atoms. The van der Waals surface area contributed by atoms with Crippen LogP contribution in [0.3, 0.4) is 0 Å². The van der Waals surface area contributed by atoms with Gasteiger partial charge in [0.05, 0.1) is 11.9 Å². The fourth-order valence-electron chi connectivity index (χ4n) is 3.23. The number of anilines is 1. The molecule has 0 atom stereocenters. The van der Waals surface area contributed by atoms with Crippen LogP contribution in [0.15, 0.2) is 41.3 Å². The highest BCUT2D eigenvalue weighted by molar-refractivity contribution is 6.33. The Bertz CT molecular complexity index is 706. The minimum atomic E-state index is -0.196. The molecule has 0 aliphatic carbocycles. The fourth-order valence-corrected chi connectivity index (χ4v) is 3.49. The largest absolute Gasteiger partial charge is 0.369 e. The quantitative estimate of drug-likeness (QED) is 0.862. The number of aromatic nitrogens is 2. The summed E-state index contributed by atoms with van der Waals surface area (Å²) in [6, 6.07) is 10.6. The van der Waals surface area contributed by atoms with E-state index >= 15 is 0 Å². The van der Waals surface area contributed by atoms with Gasteiger partial charge < -0.3 is 4.90 Å². The highest BCUT2D eigenvalue weighted by Gasteiger charge is 2.22. The van der Waals surface area contributed by atoms with E-state index in [1.807, 2.05) is 6.92 Å². The van der Waals surface area contributed by atoms with E-state index in [0.717, 1.165) is 38.0 Å². The van der Waals surface area contributed by atoms with Gasteiger partial charge in [0.2, 0.25) is 0 Å². The molecule has 0 N–H and O–H groups in total. The Labute approximate surface area is 141 Å². The third-order valence-corrected chi connectivity index (χ3v) is 4.94. The maximum absolute atomic E-state index is 12.1. The van der Waals surface area contributed by atoms with Crippen LogP contribution in [0.5, 0.6) is 0 Å². The van der Waals surface area contributed by atoms with Crippen molar-refractivity contribution in [3.63, 3.8) is 0 Å². The molecule has 1 aliphatic heterocycles. The summed E-state index contributed by atoms with van der Waals surface area (Å²) in [6.45, 7) is 4.28. The molecule has 3 rings (SSSR count). The zero-order valence-corrected chi connectivity index (χ0v) is 14.2. The van der Waals surface area contributed by atoms with Crippen LogP contribution < -0.4 is 10.5 Å². The standard InChI is InChI=1S/C18H22ClN3O/c1-2-22-18(23)17(19)16(13-20-22)21-10-8-15(9-11-21)12-14-6-4-3-5-7-14/h3-7,13,15H,2,8-12H2,1H3. The van der Waals surface area contributed by atoms with Gasteiger partial charge in [-0.2, -0.15) is 5.10 Å². The van der Waals surface area contributed by atoms with Crippen LogP contribution in [0, 0.1) is 5.92 Å². The topological polar surface area (TPSA) is 38.1 Å². The van der Waals surface area contributed by atoms with Crippen LogP contribution in [0.1, 0.15) is 25.3 Å². The second-order valence-electron chi connectivity index (χ2n) is 6.08. The number of aryl methyl sites for hydroxylation is 1. The van der Waals surface area contributed by atoms with Gasteiger partial charge in [-0.15, -0.1) is 0 Å². The van der Waals surface area contributed by atoms with Crippen molar-refractivity contribution in [1.29, 1.82) is 0 Å². The number of hydrogen-bond donors (Lipinski definition) is 0. The molecule has 122 valence electrons. The Morgan fingerprint density at radius 1 is 1.22 bits per heavy atom. The molecule has 1 aliphatic rings. The van der Waals surface area contributed by atoms with Crippen LogP contribution in [-0.2, 0) is 13.0 Å². The lowest BCUT2D eigenvalue weighted by Crippen LogP contribution is -2.36. The zero-order chi connectivity index (χ0) is 16.2. The predicted molar refractivity (Wildman–Crippen MR) is 94.3 cm³/mol. The average Bonchev–Trinajstić information content (AvgIpc) is 2.59. The maximum Gasteiger partial charge on any atom is 0.287 e. The molecule has 0 unspecified atom stereocenters. The van der Waals surface area contributed by atoms with Crippen molar-refractivity contribution >= 4 is 17.3 Å². The molecule has 1 saturated heterocycles. The summed E-state index contributed by atoms with van der Waals surface area (Å²) in [6.07, 6.45) is 5.08. The lowest BCUT2D eigenvalue weighted by Gasteiger charge is -2.33. The second kappa shape index (κ2) is 7.18. The minimum Gasteiger partial charge on any atom is -0.369 e. The number of halogens is 1. The molecule has 0 saturated carbocycles. The first-order valence-electron chi connectivity index (χ1n) is 8.23. The first-order chi connectivity index (χ1) is 11.2. The van der Waals surface area contributed by atoms with Crippen LogP contribution >= 0.6 is 11.6 Å². The Balaban J connectivity index is 1.65. The smallest absolute Gasteiger partial charge is 0.287 e. The Hall–Kier alpha value is -1.81. The number of nitrogens with zero attached hydrogens (tertiary/aromatic N) is 3. The minimum absolute atomic E-state index is 0.196. The van der Waals surface area contributed by atoms with Gasteiger partial charge in [-0.1, -0.05) is 41.9 Å². The number of benzene rings is 1. The number of hydrogen-bond acceptors (Lipinski definition) is 3. The molecule has 2 heterocycles. The predicted octanol–water partition coefficient (Wildman–Crippen LogP) is 3.38. The zero-order valence-electron chi connectivity index (χ0n) is 13.4. The molecule has 2 aromatic rings. The Kier molecular flexibility index (Phi) is 5.01. The van der Waals surface area contributed by atoms with E-state index in [9.17, 15) is 4.79 Å². The van der Waals surface area contributed by atoms with Gasteiger partial charge in [-0.05, 0) is 37.7 Å². The van der Waals surface area contributed by atoms with Crippen LogP contribution in [0.25, 0.3) is 0 Å². The number of piperidine rings is 1. The van der Waals surface area contributed by atoms with Gasteiger partial charge in [-0.3, -0.25) is 4.79 Å². The van der Waals surface area contributed by atoms with E-state index < -0.39 is 0 Å². The molecule has 5 heteroatoms. The molecular formula is C18H22ClN3O. The third-order valence-electron chi connectivity index (χ3n) is 4.59. The summed E-state index contributed by atoms with van der Waals surface area (Å²) in [5, 5.41) is 4.49. The van der Waals surface area contributed by atoms with E-state index in [1.54, 1.807) is 6.20 Å². The molecule has 23 heavy (non-hydrogen) atoms. The van der Waals surface area contributed by atoms with Crippen molar-refractivity contribution < 1.29 is 0 Å². The number of rotatable bonds is 4. The van der Waals surface area contributed by atoms with Gasteiger partial charge in [0, 0.05) is 19.6 Å². The Morgan fingerprint density at radius 3 is 2.57 bits per heavy atom. The van der Waals surface area contributed by atoms with Crippen LogP contribution in [0.4, 0.5) is 5.69 Å². The van der Waals surface area contributed by atoms with Gasteiger partial charge >= 0.3 is 0 Å². The molecule has 1 aromatic heterocycles. The highest BCUT2D eigenvalue weighted by atomic mass is 35.5. The molecule has 1 aromatic carbocycles. The van der Waals surface area contributed by atoms with Crippen LogP contribution in [-0.4, -0.2) is 22.9 Å². The highest BCUT2D eigenvalue weighted by Crippen LogP contribution is 2.28. The van der Waals surface area contributed by atoms with E-state index in [-0.39, 0.29) is 5.56 Å². The summed E-state index contributed by atoms with van der Waals surface area (Å²) >= 11 is 6.26. The normalized spacial score (nSPS) is 15.8. The molecule has 0 amide bonds. The summed E-state index contributed by atoms with van der Waals surface area (Å²) in [7, 11) is 0. The van der Waals surface area contributed by atoms with Gasteiger partial charge in [0.1, 0.15) is 5.02 Å². The first-order valence-corrected chi connectivity index (χ1v) is 8.61. The molecule has 4 nitrogen and oxygen atoms in total. The summed E-state index contributed by atoms with van der Waals surface area (Å²) < 4.78 is 1.40. The SMILES string of the molecule is CCn1ncc(N2CCC(Cc3ccccc3)CC2)c(Cl)c1=O. The molecular weight excluding hydrogens is 310 g/mol. The first kappa shape index (κ1) is 16.1.